The van der Waals surface area contributed by atoms with E-state index in [1.54, 1.807) is 4.90 Å². The van der Waals surface area contributed by atoms with Crippen LogP contribution in [-0.2, 0) is 0 Å². The van der Waals surface area contributed by atoms with E-state index < -0.39 is 35.3 Å². The number of nitrogens with zero attached hydrogens (tertiary/aromatic N) is 6. The van der Waals surface area contributed by atoms with Gasteiger partial charge in [-0.2, -0.15) is 46.4 Å². The van der Waals surface area contributed by atoms with Crippen molar-refractivity contribution in [3.05, 3.63) is 39.9 Å². The molecule has 1 aromatic carbocycles. The molecule has 0 spiro atoms. The first-order chi connectivity index (χ1) is 18.3. The highest BCUT2D eigenvalue weighted by atomic mass is 19.4. The molecule has 1 N–H and O–H groups in total. The lowest BCUT2D eigenvalue weighted by Crippen LogP contribution is -2.47. The summed E-state index contributed by atoms with van der Waals surface area (Å²) in [6.45, 7) is 4.76. The Morgan fingerprint density at radius 1 is 1.03 bits per heavy atom. The molecule has 0 unspecified atom stereocenters. The Bertz CT molecular complexity index is 1070. The lowest BCUT2D eigenvalue weighted by Gasteiger charge is -2.25. The van der Waals surface area contributed by atoms with Crippen LogP contribution in [0.25, 0.3) is 0 Å². The number of nitro groups is 1. The van der Waals surface area contributed by atoms with Crippen molar-refractivity contribution in [2.45, 2.75) is 70.8 Å². The van der Waals surface area contributed by atoms with E-state index in [1.807, 2.05) is 13.8 Å². The number of rotatable bonds is 15. The highest BCUT2D eigenvalue weighted by molar-refractivity contribution is 5.81. The summed E-state index contributed by atoms with van der Waals surface area (Å²) in [5.41, 5.74) is 2.41. The maximum atomic E-state index is 13.1. The largest absolute Gasteiger partial charge is 0.440 e. The topological polar surface area (TPSA) is 119 Å². The molecule has 1 heterocycles. The van der Waals surface area contributed by atoms with Gasteiger partial charge in [0.15, 0.2) is 0 Å². The summed E-state index contributed by atoms with van der Waals surface area (Å²) in [6, 6.07) is 4.18. The zero-order chi connectivity index (χ0) is 29.1. The Morgan fingerprint density at radius 2 is 1.64 bits per heavy atom. The lowest BCUT2D eigenvalue weighted by molar-refractivity contribution is -0.384. The van der Waals surface area contributed by atoms with Gasteiger partial charge in [0.25, 0.3) is 17.7 Å². The quantitative estimate of drug-likeness (QED) is 0.0881. The number of aromatic nitrogens is 3. The van der Waals surface area contributed by atoms with Crippen LogP contribution in [0.1, 0.15) is 57.9 Å². The van der Waals surface area contributed by atoms with Crippen molar-refractivity contribution < 1.29 is 36.0 Å². The van der Waals surface area contributed by atoms with Crippen LogP contribution in [0, 0.1) is 10.1 Å². The maximum Gasteiger partial charge on any atom is 0.434 e. The van der Waals surface area contributed by atoms with E-state index >= 15 is 0 Å². The van der Waals surface area contributed by atoms with Gasteiger partial charge in [-0.3, -0.25) is 10.1 Å². The number of nitrogens with one attached hydrogen (secondary N) is 1. The van der Waals surface area contributed by atoms with Crippen LogP contribution in [-0.4, -0.2) is 57.6 Å². The molecule has 1 aromatic heterocycles. The smallest absolute Gasteiger partial charge is 0.434 e. The normalized spacial score (nSPS) is 12.2. The second kappa shape index (κ2) is 14.4. The van der Waals surface area contributed by atoms with Gasteiger partial charge in [-0.05, 0) is 12.8 Å². The van der Waals surface area contributed by atoms with Gasteiger partial charge in [-0.25, -0.2) is 5.43 Å². The summed E-state index contributed by atoms with van der Waals surface area (Å²) >= 11 is 0. The third-order valence-electron chi connectivity index (χ3n) is 5.23. The predicted octanol–water partition coefficient (Wildman–Crippen LogP) is 6.28. The zero-order valence-corrected chi connectivity index (χ0v) is 21.3. The van der Waals surface area contributed by atoms with Crippen LogP contribution in [0.2, 0.25) is 0 Å². The molecule has 0 atom stereocenters. The number of hydrazone groups is 1. The number of ether oxygens (including phenoxy) is 1. The molecular weight excluding hydrogens is 536 g/mol. The molecule has 0 aliphatic heterocycles. The number of unbranched alkanes of at least 4 members (excludes halogenated alkanes) is 4. The van der Waals surface area contributed by atoms with Gasteiger partial charge >= 0.3 is 18.4 Å². The lowest BCUT2D eigenvalue weighted by atomic mass is 10.2. The number of hydrogen-bond donors (Lipinski definition) is 1. The molecule has 2 rings (SSSR count). The van der Waals surface area contributed by atoms with E-state index in [0.29, 0.717) is 25.9 Å². The van der Waals surface area contributed by atoms with Crippen LogP contribution >= 0.6 is 0 Å². The third kappa shape index (κ3) is 10.5. The Morgan fingerprint density at radius 3 is 2.18 bits per heavy atom. The molecule has 0 aliphatic carbocycles. The van der Waals surface area contributed by atoms with Gasteiger partial charge in [0, 0.05) is 30.8 Å². The number of nitro benzene ring substituents is 1. The first kappa shape index (κ1) is 31.5. The first-order valence-corrected chi connectivity index (χ1v) is 12.2. The van der Waals surface area contributed by atoms with E-state index in [-0.39, 0.29) is 17.2 Å². The van der Waals surface area contributed by atoms with E-state index in [0.717, 1.165) is 31.9 Å². The summed E-state index contributed by atoms with van der Waals surface area (Å²) < 4.78 is 83.1. The molecular formula is C23H29F6N7O3. The molecule has 0 amide bonds. The minimum absolute atomic E-state index is 0.177. The van der Waals surface area contributed by atoms with Crippen LogP contribution in [0.3, 0.4) is 0 Å². The highest BCUT2D eigenvalue weighted by Crippen LogP contribution is 2.36. The van der Waals surface area contributed by atoms with Crippen molar-refractivity contribution in [3.63, 3.8) is 0 Å². The minimum Gasteiger partial charge on any atom is -0.440 e. The highest BCUT2D eigenvalue weighted by Gasteiger charge is 2.59. The number of anilines is 2. The Labute approximate surface area is 220 Å². The number of hydrogen-bond acceptors (Lipinski definition) is 9. The van der Waals surface area contributed by atoms with Crippen molar-refractivity contribution in [1.29, 1.82) is 0 Å². The summed E-state index contributed by atoms with van der Waals surface area (Å²) in [6.07, 6.45) is -9.76. The first-order valence-electron chi connectivity index (χ1n) is 12.2. The van der Waals surface area contributed by atoms with Crippen molar-refractivity contribution in [2.24, 2.45) is 5.10 Å². The molecule has 216 valence electrons. The standard InChI is InChI=1S/C23H29F6N7O3/c1-3-5-7-12-35(13-8-6-4-2)20-31-19(34-30-15-16-10-9-11-17(14-16)36(37)38)32-21(33-20)39-18(22(24,25)26)23(27,28)29/h9-11,14-15,18H,3-8,12-13H2,1-2H3,(H,31,32,33,34)/b30-15-. The van der Waals surface area contributed by atoms with Gasteiger partial charge in [0.2, 0.25) is 5.95 Å². The summed E-state index contributed by atoms with van der Waals surface area (Å²) in [7, 11) is 0. The van der Waals surface area contributed by atoms with E-state index in [1.165, 1.54) is 24.3 Å². The van der Waals surface area contributed by atoms with Crippen LogP contribution < -0.4 is 15.1 Å². The Balaban J connectivity index is 2.43. The molecule has 0 saturated heterocycles. The Hall–Kier alpha value is -3.72. The number of benzene rings is 1. The number of alkyl halides is 6. The van der Waals surface area contributed by atoms with Crippen molar-refractivity contribution in [3.8, 4) is 6.01 Å². The van der Waals surface area contributed by atoms with Gasteiger partial charge in [-0.1, -0.05) is 51.7 Å². The second-order valence-electron chi connectivity index (χ2n) is 8.45. The van der Waals surface area contributed by atoms with E-state index in [4.69, 9.17) is 0 Å². The van der Waals surface area contributed by atoms with Gasteiger partial charge in [-0.15, -0.1) is 0 Å². The molecule has 0 saturated carbocycles. The van der Waals surface area contributed by atoms with Crippen molar-refractivity contribution >= 4 is 23.8 Å². The summed E-state index contributed by atoms with van der Waals surface area (Å²) in [4.78, 5) is 23.4. The van der Waals surface area contributed by atoms with Crippen LogP contribution in [0.15, 0.2) is 29.4 Å². The number of non-ortho nitro benzene ring substituents is 1. The molecule has 16 heteroatoms. The SMILES string of the molecule is CCCCCN(CCCCC)c1nc(N/N=C\c2cccc([N+](=O)[O-])c2)nc(OC(C(F)(F)F)C(F)(F)F)n1. The van der Waals surface area contributed by atoms with Crippen LogP contribution in [0.4, 0.5) is 43.9 Å². The van der Waals surface area contributed by atoms with Crippen molar-refractivity contribution in [1.82, 2.24) is 15.0 Å². The molecule has 0 aliphatic rings. The summed E-state index contributed by atoms with van der Waals surface area (Å²) in [5, 5.41) is 14.8. The molecule has 39 heavy (non-hydrogen) atoms. The minimum atomic E-state index is -5.78. The van der Waals surface area contributed by atoms with Gasteiger partial charge in [0.1, 0.15) is 0 Å². The summed E-state index contributed by atoms with van der Waals surface area (Å²) in [5.74, 6) is -0.654. The van der Waals surface area contributed by atoms with Crippen molar-refractivity contribution in [2.75, 3.05) is 23.4 Å². The fourth-order valence-corrected chi connectivity index (χ4v) is 3.31. The molecule has 2 aromatic rings. The molecule has 10 nitrogen and oxygen atoms in total. The predicted molar refractivity (Wildman–Crippen MR) is 132 cm³/mol. The third-order valence-corrected chi connectivity index (χ3v) is 5.23. The molecule has 0 fully saturated rings. The monoisotopic (exact) mass is 565 g/mol. The maximum absolute atomic E-state index is 13.1. The average Bonchev–Trinajstić information content (AvgIpc) is 2.85. The van der Waals surface area contributed by atoms with Gasteiger partial charge < -0.3 is 9.64 Å². The second-order valence-corrected chi connectivity index (χ2v) is 8.45. The van der Waals surface area contributed by atoms with E-state index in [9.17, 15) is 36.5 Å². The fourth-order valence-electron chi connectivity index (χ4n) is 3.31. The average molecular weight is 566 g/mol. The Kier molecular flexibility index (Phi) is 11.7. The van der Waals surface area contributed by atoms with E-state index in [2.05, 4.69) is 30.2 Å². The molecule has 0 radical (unpaired) electrons. The van der Waals surface area contributed by atoms with Gasteiger partial charge in [0.05, 0.1) is 11.1 Å². The fraction of sp³-hybridized carbons (Fsp3) is 0.565. The zero-order valence-electron chi connectivity index (χ0n) is 21.3. The number of halogens is 6. The molecule has 0 bridgehead atoms. The van der Waals surface area contributed by atoms with Crippen LogP contribution in [0.5, 0.6) is 6.01 Å².